The summed E-state index contributed by atoms with van der Waals surface area (Å²) in [5.41, 5.74) is 0.463. The Kier molecular flexibility index (Phi) is 6.99. The molecule has 2 atom stereocenters. The molecule has 27 heavy (non-hydrogen) atoms. The van der Waals surface area contributed by atoms with Gasteiger partial charge in [0.2, 0.25) is 5.91 Å². The van der Waals surface area contributed by atoms with Crippen LogP contribution in [0.15, 0.2) is 41.8 Å². The molecule has 0 N–H and O–H groups in total. The number of amides is 1. The van der Waals surface area contributed by atoms with E-state index in [9.17, 15) is 9.18 Å². The van der Waals surface area contributed by atoms with Crippen LogP contribution >= 0.6 is 11.3 Å². The van der Waals surface area contributed by atoms with Crippen molar-refractivity contribution in [2.45, 2.75) is 39.3 Å². The van der Waals surface area contributed by atoms with Crippen molar-refractivity contribution in [1.82, 2.24) is 9.96 Å². The van der Waals surface area contributed by atoms with Crippen LogP contribution in [-0.2, 0) is 22.7 Å². The number of benzene rings is 1. The number of hydrogen-bond donors (Lipinski definition) is 0. The fourth-order valence-corrected chi connectivity index (χ4v) is 4.37. The van der Waals surface area contributed by atoms with Crippen LogP contribution in [0.2, 0.25) is 0 Å². The highest BCUT2D eigenvalue weighted by Gasteiger charge is 2.33. The first-order valence-corrected chi connectivity index (χ1v) is 10.3. The second kappa shape index (κ2) is 9.44. The fourth-order valence-electron chi connectivity index (χ4n) is 3.67. The minimum Gasteiger partial charge on any atom is -0.303 e. The molecule has 1 fully saturated rings. The lowest BCUT2D eigenvalue weighted by Crippen LogP contribution is -2.51. The minimum absolute atomic E-state index is 0.0206. The van der Waals surface area contributed by atoms with Gasteiger partial charge in [-0.2, -0.15) is 0 Å². The second-order valence-corrected chi connectivity index (χ2v) is 8.21. The maximum absolute atomic E-state index is 13.8. The molecular formula is C21H27FN2O2S. The monoisotopic (exact) mass is 390 g/mol. The molecule has 146 valence electrons. The molecule has 0 radical (unpaired) electrons. The molecule has 2 heterocycles. The number of halogens is 1. The van der Waals surface area contributed by atoms with Gasteiger partial charge in [-0.3, -0.25) is 9.63 Å². The Morgan fingerprint density at radius 1 is 1.33 bits per heavy atom. The first-order valence-electron chi connectivity index (χ1n) is 9.45. The van der Waals surface area contributed by atoms with E-state index < -0.39 is 0 Å². The molecule has 1 aromatic carbocycles. The van der Waals surface area contributed by atoms with Gasteiger partial charge in [-0.05, 0) is 36.3 Å². The Bertz CT molecular complexity index is 738. The topological polar surface area (TPSA) is 32.8 Å². The maximum atomic E-state index is 13.8. The zero-order chi connectivity index (χ0) is 19.2. The number of piperidine rings is 1. The van der Waals surface area contributed by atoms with E-state index in [0.29, 0.717) is 11.5 Å². The lowest BCUT2D eigenvalue weighted by molar-refractivity contribution is -0.214. The van der Waals surface area contributed by atoms with Crippen LogP contribution in [-0.4, -0.2) is 41.5 Å². The Hall–Kier alpha value is -1.76. The summed E-state index contributed by atoms with van der Waals surface area (Å²) in [6.45, 7) is 6.64. The maximum Gasteiger partial charge on any atom is 0.243 e. The highest BCUT2D eigenvalue weighted by Crippen LogP contribution is 2.24. The molecule has 0 bridgehead atoms. The third-order valence-electron chi connectivity index (χ3n) is 5.13. The quantitative estimate of drug-likeness (QED) is 0.667. The smallest absolute Gasteiger partial charge is 0.243 e. The number of nitrogens with zero attached hydrogens (tertiary/aromatic N) is 2. The van der Waals surface area contributed by atoms with Gasteiger partial charge in [0.15, 0.2) is 0 Å². The second-order valence-electron chi connectivity index (χ2n) is 7.17. The predicted molar refractivity (Wildman–Crippen MR) is 106 cm³/mol. The SMILES string of the molecule is CC(=O)N(OCc1ccccc1F)[C@H]1CCN(CCc2cccs2)C[C@H]1C. The molecular weight excluding hydrogens is 363 g/mol. The van der Waals surface area contributed by atoms with Gasteiger partial charge in [0.25, 0.3) is 0 Å². The van der Waals surface area contributed by atoms with Crippen molar-refractivity contribution in [2.75, 3.05) is 19.6 Å². The number of likely N-dealkylation sites (tertiary alicyclic amines) is 1. The van der Waals surface area contributed by atoms with E-state index in [-0.39, 0.29) is 24.4 Å². The van der Waals surface area contributed by atoms with Gasteiger partial charge >= 0.3 is 0 Å². The van der Waals surface area contributed by atoms with Crippen LogP contribution in [0, 0.1) is 11.7 Å². The third-order valence-corrected chi connectivity index (χ3v) is 6.06. The summed E-state index contributed by atoms with van der Waals surface area (Å²) in [6.07, 6.45) is 1.93. The zero-order valence-corrected chi connectivity index (χ0v) is 16.8. The van der Waals surface area contributed by atoms with Crippen molar-refractivity contribution in [2.24, 2.45) is 5.92 Å². The van der Waals surface area contributed by atoms with E-state index in [2.05, 4.69) is 29.3 Å². The Balaban J connectivity index is 1.55. The molecule has 0 spiro atoms. The molecule has 1 aromatic heterocycles. The molecule has 1 amide bonds. The highest BCUT2D eigenvalue weighted by molar-refractivity contribution is 7.09. The van der Waals surface area contributed by atoms with Crippen LogP contribution in [0.4, 0.5) is 4.39 Å². The Morgan fingerprint density at radius 2 is 2.15 bits per heavy atom. The zero-order valence-electron chi connectivity index (χ0n) is 15.9. The molecule has 1 aliphatic rings. The van der Waals surface area contributed by atoms with Gasteiger partial charge in [-0.1, -0.05) is 31.2 Å². The van der Waals surface area contributed by atoms with Gasteiger partial charge in [0.05, 0.1) is 6.04 Å². The van der Waals surface area contributed by atoms with Crippen LogP contribution in [0.25, 0.3) is 0 Å². The first-order chi connectivity index (χ1) is 13.0. The van der Waals surface area contributed by atoms with Gasteiger partial charge in [0, 0.05) is 37.0 Å². The Morgan fingerprint density at radius 3 is 2.81 bits per heavy atom. The molecule has 4 nitrogen and oxygen atoms in total. The normalized spacial score (nSPS) is 20.6. The van der Waals surface area contributed by atoms with E-state index in [1.807, 2.05) is 0 Å². The fraction of sp³-hybridized carbons (Fsp3) is 0.476. The van der Waals surface area contributed by atoms with Crippen molar-refractivity contribution in [3.63, 3.8) is 0 Å². The summed E-state index contributed by atoms with van der Waals surface area (Å²) < 4.78 is 13.8. The van der Waals surface area contributed by atoms with E-state index in [4.69, 9.17) is 4.84 Å². The van der Waals surface area contributed by atoms with Crippen LogP contribution in [0.1, 0.15) is 30.7 Å². The predicted octanol–water partition coefficient (Wildman–Crippen LogP) is 4.12. The number of rotatable bonds is 7. The number of hydrogen-bond acceptors (Lipinski definition) is 4. The van der Waals surface area contributed by atoms with Gasteiger partial charge < -0.3 is 4.90 Å². The van der Waals surface area contributed by atoms with Crippen molar-refractivity contribution >= 4 is 17.2 Å². The highest BCUT2D eigenvalue weighted by atomic mass is 32.1. The van der Waals surface area contributed by atoms with Crippen molar-refractivity contribution < 1.29 is 14.0 Å². The van der Waals surface area contributed by atoms with Crippen molar-refractivity contribution in [3.8, 4) is 0 Å². The standard InChI is InChI=1S/C21H27FN2O2S/c1-16-14-23(11-9-19-7-5-13-27-19)12-10-21(16)24(17(2)25)26-15-18-6-3-4-8-20(18)22/h3-8,13,16,21H,9-12,14-15H2,1-2H3/t16-,21+/m1/s1. The minimum atomic E-state index is -0.308. The summed E-state index contributed by atoms with van der Waals surface area (Å²) >= 11 is 1.80. The lowest BCUT2D eigenvalue weighted by atomic mass is 9.93. The van der Waals surface area contributed by atoms with Gasteiger partial charge in [-0.15, -0.1) is 11.3 Å². The van der Waals surface area contributed by atoms with E-state index >= 15 is 0 Å². The molecule has 0 aliphatic carbocycles. The average molecular weight is 391 g/mol. The average Bonchev–Trinajstić information content (AvgIpc) is 3.16. The number of carbonyl (C=O) groups is 1. The molecule has 2 aromatic rings. The molecule has 3 rings (SSSR count). The van der Waals surface area contributed by atoms with Crippen molar-refractivity contribution in [3.05, 3.63) is 58.0 Å². The summed E-state index contributed by atoms with van der Waals surface area (Å²) in [6, 6.07) is 10.8. The summed E-state index contributed by atoms with van der Waals surface area (Å²) in [5, 5.41) is 3.58. The number of hydroxylamine groups is 2. The number of carbonyl (C=O) groups excluding carboxylic acids is 1. The largest absolute Gasteiger partial charge is 0.303 e. The van der Waals surface area contributed by atoms with Crippen LogP contribution in [0.3, 0.4) is 0 Å². The Labute approximate surface area is 164 Å². The van der Waals surface area contributed by atoms with E-state index in [0.717, 1.165) is 32.5 Å². The molecule has 6 heteroatoms. The van der Waals surface area contributed by atoms with Gasteiger partial charge in [-0.25, -0.2) is 9.45 Å². The van der Waals surface area contributed by atoms with Crippen molar-refractivity contribution in [1.29, 1.82) is 0 Å². The summed E-state index contributed by atoms with van der Waals surface area (Å²) in [4.78, 5) is 21.8. The first kappa shape index (κ1) is 20.0. The van der Waals surface area contributed by atoms with Crippen LogP contribution < -0.4 is 0 Å². The van der Waals surface area contributed by atoms with E-state index in [1.54, 1.807) is 29.5 Å². The number of thiophene rings is 1. The summed E-state index contributed by atoms with van der Waals surface area (Å²) in [5.74, 6) is -0.140. The van der Waals surface area contributed by atoms with E-state index in [1.165, 1.54) is 22.9 Å². The lowest BCUT2D eigenvalue weighted by Gasteiger charge is -2.41. The van der Waals surface area contributed by atoms with Gasteiger partial charge in [0.1, 0.15) is 12.4 Å². The summed E-state index contributed by atoms with van der Waals surface area (Å²) in [7, 11) is 0. The van der Waals surface area contributed by atoms with Crippen LogP contribution in [0.5, 0.6) is 0 Å². The molecule has 1 aliphatic heterocycles. The third kappa shape index (κ3) is 5.37. The molecule has 0 saturated carbocycles. The molecule has 0 unspecified atom stereocenters. The molecule has 1 saturated heterocycles.